The second-order valence-electron chi connectivity index (χ2n) is 6.46. The van der Waals surface area contributed by atoms with E-state index in [9.17, 15) is 0 Å². The molecule has 0 radical (unpaired) electrons. The summed E-state index contributed by atoms with van der Waals surface area (Å²) < 4.78 is 31.8. The molecule has 0 aliphatic carbocycles. The van der Waals surface area contributed by atoms with Gasteiger partial charge in [0.1, 0.15) is 11.4 Å². The van der Waals surface area contributed by atoms with Crippen molar-refractivity contribution in [3.05, 3.63) is 66.7 Å². The van der Waals surface area contributed by atoms with Crippen molar-refractivity contribution in [2.45, 2.75) is 0 Å². The smallest absolute Gasteiger partial charge is 0.231 e. The first-order valence-corrected chi connectivity index (χ1v) is 8.97. The van der Waals surface area contributed by atoms with Gasteiger partial charge in [-0.15, -0.1) is 0 Å². The van der Waals surface area contributed by atoms with Crippen molar-refractivity contribution in [2.75, 3.05) is 19.2 Å². The molecule has 7 heteroatoms. The van der Waals surface area contributed by atoms with Gasteiger partial charge in [-0.25, -0.2) is 9.37 Å². The van der Waals surface area contributed by atoms with Crippen LogP contribution in [0.2, 0.25) is 0 Å². The van der Waals surface area contributed by atoms with E-state index in [2.05, 4.69) is 15.3 Å². The van der Waals surface area contributed by atoms with Gasteiger partial charge in [-0.05, 0) is 42.5 Å². The molecule has 4 aromatic rings. The minimum Gasteiger partial charge on any atom is -0.497 e. The Hall–Kier alpha value is -3.87. The Morgan fingerprint density at radius 1 is 1.00 bits per heavy atom. The van der Waals surface area contributed by atoms with Gasteiger partial charge in [-0.3, -0.25) is 4.98 Å². The highest BCUT2D eigenvalue weighted by atomic mass is 19.1. The number of hydrogen-bond donors (Lipinski definition) is 1. The topological polar surface area (TPSA) is 65.5 Å². The number of rotatable bonds is 4. The number of fused-ring (bicyclic) bond motifs is 2. The Balaban J connectivity index is 1.72. The van der Waals surface area contributed by atoms with Gasteiger partial charge in [0, 0.05) is 35.1 Å². The van der Waals surface area contributed by atoms with E-state index in [-0.39, 0.29) is 12.5 Å². The van der Waals surface area contributed by atoms with E-state index in [1.165, 1.54) is 0 Å². The maximum Gasteiger partial charge on any atom is 0.231 e. The van der Waals surface area contributed by atoms with E-state index in [1.807, 2.05) is 0 Å². The summed E-state index contributed by atoms with van der Waals surface area (Å²) in [4.78, 5) is 8.58. The van der Waals surface area contributed by atoms with Crippen molar-refractivity contribution < 1.29 is 18.6 Å². The fourth-order valence-corrected chi connectivity index (χ4v) is 3.29. The van der Waals surface area contributed by atoms with Gasteiger partial charge in [0.25, 0.3) is 0 Å². The maximum absolute atomic E-state index is 15.7. The van der Waals surface area contributed by atoms with Gasteiger partial charge in [0.2, 0.25) is 6.79 Å². The molecule has 0 spiro atoms. The predicted molar refractivity (Wildman–Crippen MR) is 107 cm³/mol. The zero-order valence-corrected chi connectivity index (χ0v) is 15.5. The number of methoxy groups -OCH3 is 1. The van der Waals surface area contributed by atoms with Gasteiger partial charge in [0.15, 0.2) is 17.3 Å². The molecule has 1 aliphatic rings. The number of nitrogens with one attached hydrogen (secondary N) is 1. The number of benzene rings is 2. The van der Waals surface area contributed by atoms with Gasteiger partial charge in [-0.2, -0.15) is 0 Å². The van der Waals surface area contributed by atoms with Crippen LogP contribution in [0.1, 0.15) is 0 Å². The van der Waals surface area contributed by atoms with E-state index in [4.69, 9.17) is 14.2 Å². The van der Waals surface area contributed by atoms with Gasteiger partial charge >= 0.3 is 0 Å². The first-order valence-electron chi connectivity index (χ1n) is 8.97. The SMILES string of the molecule is COc1ccc2c(Nc3ccncc3)c(F)c(-c3ccc4c(c3)OCO4)nc2c1. The predicted octanol–water partition coefficient (Wildman–Crippen LogP) is 4.92. The number of halogens is 1. The summed E-state index contributed by atoms with van der Waals surface area (Å²) in [6, 6.07) is 14.1. The standard InChI is InChI=1S/C22H16FN3O3/c1-27-15-3-4-16-17(11-15)26-21(13-2-5-18-19(10-13)29-12-28-18)20(23)22(16)25-14-6-8-24-9-7-14/h2-11H,12H2,1H3,(H,24,25,26). The highest BCUT2D eigenvalue weighted by Gasteiger charge is 2.20. The summed E-state index contributed by atoms with van der Waals surface area (Å²) in [5, 5.41) is 3.81. The minimum absolute atomic E-state index is 0.151. The average molecular weight is 389 g/mol. The molecule has 6 nitrogen and oxygen atoms in total. The molecule has 0 atom stereocenters. The molecule has 5 rings (SSSR count). The molecule has 144 valence electrons. The molecule has 0 bridgehead atoms. The summed E-state index contributed by atoms with van der Waals surface area (Å²) in [6.07, 6.45) is 3.29. The summed E-state index contributed by atoms with van der Waals surface area (Å²) in [5.41, 5.74) is 2.46. The molecule has 29 heavy (non-hydrogen) atoms. The minimum atomic E-state index is -0.460. The zero-order valence-electron chi connectivity index (χ0n) is 15.5. The average Bonchev–Trinajstić information content (AvgIpc) is 3.23. The summed E-state index contributed by atoms with van der Waals surface area (Å²) in [6.45, 7) is 0.151. The summed E-state index contributed by atoms with van der Waals surface area (Å²) >= 11 is 0. The number of anilines is 2. The first kappa shape index (κ1) is 17.2. The van der Waals surface area contributed by atoms with Crippen LogP contribution in [0.4, 0.5) is 15.8 Å². The van der Waals surface area contributed by atoms with E-state index < -0.39 is 5.82 Å². The zero-order chi connectivity index (χ0) is 19.8. The third-order valence-corrected chi connectivity index (χ3v) is 4.73. The monoisotopic (exact) mass is 389 g/mol. The molecule has 2 aromatic heterocycles. The van der Waals surface area contributed by atoms with Crippen molar-refractivity contribution in [2.24, 2.45) is 0 Å². The molecule has 1 N–H and O–H groups in total. The molecular formula is C22H16FN3O3. The third kappa shape index (κ3) is 3.06. The van der Waals surface area contributed by atoms with E-state index in [0.29, 0.717) is 39.4 Å². The second-order valence-corrected chi connectivity index (χ2v) is 6.46. The number of nitrogens with zero attached hydrogens (tertiary/aromatic N) is 2. The number of aromatic nitrogens is 2. The van der Waals surface area contributed by atoms with Crippen LogP contribution in [0.3, 0.4) is 0 Å². The molecule has 0 saturated carbocycles. The van der Waals surface area contributed by atoms with Crippen LogP contribution in [0.25, 0.3) is 22.2 Å². The Morgan fingerprint density at radius 2 is 1.83 bits per heavy atom. The Bertz CT molecular complexity index is 1220. The van der Waals surface area contributed by atoms with Gasteiger partial charge < -0.3 is 19.5 Å². The van der Waals surface area contributed by atoms with Crippen molar-refractivity contribution in [3.8, 4) is 28.5 Å². The third-order valence-electron chi connectivity index (χ3n) is 4.73. The Labute approximate surface area is 165 Å². The van der Waals surface area contributed by atoms with Gasteiger partial charge in [-0.1, -0.05) is 0 Å². The highest BCUT2D eigenvalue weighted by molar-refractivity contribution is 5.96. The fraction of sp³-hybridized carbons (Fsp3) is 0.0909. The number of ether oxygens (including phenoxy) is 3. The van der Waals surface area contributed by atoms with Crippen LogP contribution in [-0.2, 0) is 0 Å². The van der Waals surface area contributed by atoms with Crippen LogP contribution < -0.4 is 19.5 Å². The lowest BCUT2D eigenvalue weighted by Gasteiger charge is -2.15. The van der Waals surface area contributed by atoms with E-state index in [1.54, 1.807) is 68.0 Å². The highest BCUT2D eigenvalue weighted by Crippen LogP contribution is 2.39. The molecule has 2 aromatic carbocycles. The van der Waals surface area contributed by atoms with Crippen molar-refractivity contribution in [1.82, 2.24) is 9.97 Å². The summed E-state index contributed by atoms with van der Waals surface area (Å²) in [7, 11) is 1.58. The van der Waals surface area contributed by atoms with E-state index in [0.717, 1.165) is 5.69 Å². The normalized spacial score (nSPS) is 12.2. The number of hydrogen-bond acceptors (Lipinski definition) is 6. The van der Waals surface area contributed by atoms with Crippen LogP contribution in [-0.4, -0.2) is 23.9 Å². The van der Waals surface area contributed by atoms with Crippen LogP contribution in [0, 0.1) is 5.82 Å². The summed E-state index contributed by atoms with van der Waals surface area (Å²) in [5.74, 6) is 1.38. The van der Waals surface area contributed by atoms with Crippen molar-refractivity contribution >= 4 is 22.3 Å². The quantitative estimate of drug-likeness (QED) is 0.535. The Morgan fingerprint density at radius 3 is 2.66 bits per heavy atom. The molecule has 0 amide bonds. The lowest BCUT2D eigenvalue weighted by atomic mass is 10.1. The lowest BCUT2D eigenvalue weighted by molar-refractivity contribution is 0.174. The fourth-order valence-electron chi connectivity index (χ4n) is 3.29. The lowest BCUT2D eigenvalue weighted by Crippen LogP contribution is -2.01. The molecular weight excluding hydrogens is 373 g/mol. The van der Waals surface area contributed by atoms with Crippen LogP contribution >= 0.6 is 0 Å². The molecule has 0 unspecified atom stereocenters. The first-order chi connectivity index (χ1) is 14.2. The van der Waals surface area contributed by atoms with Gasteiger partial charge in [0.05, 0.1) is 18.3 Å². The van der Waals surface area contributed by atoms with E-state index >= 15 is 4.39 Å². The number of pyridine rings is 2. The molecule has 1 aliphatic heterocycles. The largest absolute Gasteiger partial charge is 0.497 e. The molecule has 0 saturated heterocycles. The van der Waals surface area contributed by atoms with Crippen LogP contribution in [0.15, 0.2) is 60.9 Å². The second kappa shape index (κ2) is 6.94. The van der Waals surface area contributed by atoms with Crippen LogP contribution in [0.5, 0.6) is 17.2 Å². The molecule has 3 heterocycles. The van der Waals surface area contributed by atoms with Crippen molar-refractivity contribution in [3.63, 3.8) is 0 Å². The van der Waals surface area contributed by atoms with Crippen molar-refractivity contribution in [1.29, 1.82) is 0 Å². The Kier molecular flexibility index (Phi) is 4.13. The maximum atomic E-state index is 15.7. The molecule has 0 fully saturated rings.